The van der Waals surface area contributed by atoms with Crippen molar-refractivity contribution in [2.75, 3.05) is 56.0 Å². The number of thioether (sulfide) groups is 1. The third-order valence-electron chi connectivity index (χ3n) is 4.79. The third kappa shape index (κ3) is 5.61. The normalized spacial score (nSPS) is 13.8. The molecule has 0 saturated carbocycles. The minimum atomic E-state index is -0.173. The number of carbonyl (C=O) groups excluding carboxylic acids is 1. The van der Waals surface area contributed by atoms with Crippen LogP contribution in [0.15, 0.2) is 36.4 Å². The zero-order valence-corrected chi connectivity index (χ0v) is 18.7. The zero-order valence-electron chi connectivity index (χ0n) is 17.9. The van der Waals surface area contributed by atoms with Crippen molar-refractivity contribution in [3.63, 3.8) is 0 Å². The molecule has 0 atom stereocenters. The van der Waals surface area contributed by atoms with Crippen molar-refractivity contribution in [3.8, 4) is 11.5 Å². The molecule has 1 aliphatic rings. The fraction of sp³-hybridized carbons (Fsp3) is 0.435. The first-order valence-electron chi connectivity index (χ1n) is 10.3. The number of carbonyl (C=O) groups is 1. The van der Waals surface area contributed by atoms with Gasteiger partial charge in [0.15, 0.2) is 0 Å². The molecule has 0 radical (unpaired) electrons. The highest BCUT2D eigenvalue weighted by atomic mass is 32.2. The van der Waals surface area contributed by atoms with Crippen molar-refractivity contribution in [1.82, 2.24) is 0 Å². The Balaban J connectivity index is 1.88. The molecule has 2 aromatic rings. The van der Waals surface area contributed by atoms with E-state index < -0.39 is 0 Å². The Morgan fingerprint density at radius 2 is 1.73 bits per heavy atom. The van der Waals surface area contributed by atoms with E-state index in [0.717, 1.165) is 30.3 Å². The lowest BCUT2D eigenvalue weighted by molar-refractivity contribution is 0.102. The Bertz CT molecular complexity index is 836. The fourth-order valence-corrected chi connectivity index (χ4v) is 3.88. The van der Waals surface area contributed by atoms with Crippen LogP contribution in [0, 0.1) is 0 Å². The molecule has 1 heterocycles. The maximum absolute atomic E-state index is 12.9. The maximum Gasteiger partial charge on any atom is 0.255 e. The molecule has 6 nitrogen and oxygen atoms in total. The summed E-state index contributed by atoms with van der Waals surface area (Å²) in [6.45, 7) is 7.87. The average Bonchev–Trinajstić information content (AvgIpc) is 2.77. The number of benzene rings is 2. The number of rotatable bonds is 9. The van der Waals surface area contributed by atoms with Crippen LogP contribution < -0.4 is 19.7 Å². The van der Waals surface area contributed by atoms with E-state index in [1.165, 1.54) is 5.56 Å². The molecule has 1 N–H and O–H groups in total. The van der Waals surface area contributed by atoms with Gasteiger partial charge in [0.05, 0.1) is 37.8 Å². The largest absolute Gasteiger partial charge is 0.492 e. The second-order valence-electron chi connectivity index (χ2n) is 6.87. The molecular formula is C23H30N2O4S. The molecule has 3 rings (SSSR count). The van der Waals surface area contributed by atoms with Gasteiger partial charge in [-0.1, -0.05) is 12.1 Å². The van der Waals surface area contributed by atoms with Crippen molar-refractivity contribution in [2.45, 2.75) is 19.6 Å². The van der Waals surface area contributed by atoms with E-state index in [-0.39, 0.29) is 5.91 Å². The summed E-state index contributed by atoms with van der Waals surface area (Å²) in [4.78, 5) is 15.1. The van der Waals surface area contributed by atoms with E-state index in [1.54, 1.807) is 11.8 Å². The summed E-state index contributed by atoms with van der Waals surface area (Å²) in [5.74, 6) is 2.12. The number of nitrogens with zero attached hydrogens (tertiary/aromatic N) is 1. The smallest absolute Gasteiger partial charge is 0.255 e. The highest BCUT2D eigenvalue weighted by Gasteiger charge is 2.20. The lowest BCUT2D eigenvalue weighted by Crippen LogP contribution is -2.36. The van der Waals surface area contributed by atoms with Gasteiger partial charge in [0.1, 0.15) is 11.5 Å². The van der Waals surface area contributed by atoms with Crippen molar-refractivity contribution in [2.24, 2.45) is 0 Å². The minimum absolute atomic E-state index is 0.173. The predicted octanol–water partition coefficient (Wildman–Crippen LogP) is 4.44. The minimum Gasteiger partial charge on any atom is -0.492 e. The van der Waals surface area contributed by atoms with Gasteiger partial charge in [0.2, 0.25) is 0 Å². The first-order valence-corrected chi connectivity index (χ1v) is 11.7. The molecule has 0 unspecified atom stereocenters. The first kappa shape index (κ1) is 22.3. The molecule has 162 valence electrons. The summed E-state index contributed by atoms with van der Waals surface area (Å²) >= 11 is 1.76. The van der Waals surface area contributed by atoms with Crippen LogP contribution in [0.25, 0.3) is 0 Å². The molecular weight excluding hydrogens is 400 g/mol. The molecule has 0 aliphatic carbocycles. The molecule has 1 aliphatic heterocycles. The number of morpholine rings is 1. The predicted molar refractivity (Wildman–Crippen MR) is 123 cm³/mol. The highest BCUT2D eigenvalue weighted by molar-refractivity contribution is 7.97. The molecule has 1 saturated heterocycles. The third-order valence-corrected chi connectivity index (χ3v) is 5.41. The van der Waals surface area contributed by atoms with Gasteiger partial charge in [-0.25, -0.2) is 0 Å². The number of anilines is 2. The lowest BCUT2D eigenvalue weighted by atomic mass is 10.1. The van der Waals surface area contributed by atoms with Crippen LogP contribution in [0.4, 0.5) is 11.4 Å². The number of hydrogen-bond donors (Lipinski definition) is 1. The van der Waals surface area contributed by atoms with E-state index in [2.05, 4.69) is 16.5 Å². The highest BCUT2D eigenvalue weighted by Crippen LogP contribution is 2.39. The van der Waals surface area contributed by atoms with Crippen molar-refractivity contribution in [1.29, 1.82) is 0 Å². The van der Waals surface area contributed by atoms with Gasteiger partial charge in [0.25, 0.3) is 5.91 Å². The van der Waals surface area contributed by atoms with Gasteiger partial charge < -0.3 is 24.4 Å². The Hall–Kier alpha value is -2.38. The second kappa shape index (κ2) is 11.1. The maximum atomic E-state index is 12.9. The van der Waals surface area contributed by atoms with E-state index in [9.17, 15) is 4.79 Å². The van der Waals surface area contributed by atoms with E-state index in [0.29, 0.717) is 43.4 Å². The van der Waals surface area contributed by atoms with Gasteiger partial charge >= 0.3 is 0 Å². The number of amides is 1. The quantitative estimate of drug-likeness (QED) is 0.635. The van der Waals surface area contributed by atoms with Crippen LogP contribution in [-0.4, -0.2) is 51.7 Å². The summed E-state index contributed by atoms with van der Waals surface area (Å²) in [5, 5.41) is 3.00. The standard InChI is InChI=1S/C23H30N2O4S/c1-4-28-21-15-20(25-10-12-27-13-11-25)22(29-5-2)14-19(21)24-23(26)18-8-6-17(7-9-18)16-30-3/h6-9,14-15H,4-5,10-13,16H2,1-3H3,(H,24,26). The lowest BCUT2D eigenvalue weighted by Gasteiger charge is -2.31. The van der Waals surface area contributed by atoms with Gasteiger partial charge in [-0.3, -0.25) is 4.79 Å². The second-order valence-corrected chi connectivity index (χ2v) is 7.73. The number of hydrogen-bond acceptors (Lipinski definition) is 6. The molecule has 1 amide bonds. The molecule has 0 bridgehead atoms. The summed E-state index contributed by atoms with van der Waals surface area (Å²) < 4.78 is 17.2. The van der Waals surface area contributed by atoms with Crippen LogP contribution in [0.5, 0.6) is 11.5 Å². The Labute approximate surface area is 182 Å². The molecule has 2 aromatic carbocycles. The number of ether oxygens (including phenoxy) is 3. The summed E-state index contributed by atoms with van der Waals surface area (Å²) in [5.41, 5.74) is 3.37. The van der Waals surface area contributed by atoms with Crippen LogP contribution in [0.3, 0.4) is 0 Å². The van der Waals surface area contributed by atoms with Gasteiger partial charge in [-0.2, -0.15) is 11.8 Å². The SMILES string of the molecule is CCOc1cc(N2CCOCC2)c(OCC)cc1NC(=O)c1ccc(CSC)cc1. The first-order chi connectivity index (χ1) is 14.7. The van der Waals surface area contributed by atoms with Gasteiger partial charge in [-0.05, 0) is 37.8 Å². The Kier molecular flexibility index (Phi) is 8.28. The van der Waals surface area contributed by atoms with Crippen molar-refractivity contribution in [3.05, 3.63) is 47.5 Å². The van der Waals surface area contributed by atoms with Crippen LogP contribution >= 0.6 is 11.8 Å². The molecule has 0 spiro atoms. The van der Waals surface area contributed by atoms with E-state index in [1.807, 2.05) is 50.2 Å². The zero-order chi connectivity index (χ0) is 21.3. The van der Waals surface area contributed by atoms with Crippen LogP contribution in [-0.2, 0) is 10.5 Å². The molecule has 0 aromatic heterocycles. The summed E-state index contributed by atoms with van der Waals surface area (Å²) in [7, 11) is 0. The topological polar surface area (TPSA) is 60.0 Å². The summed E-state index contributed by atoms with van der Waals surface area (Å²) in [6, 6.07) is 11.5. The molecule has 7 heteroatoms. The number of nitrogens with one attached hydrogen (secondary N) is 1. The fourth-order valence-electron chi connectivity index (χ4n) is 3.36. The molecule has 1 fully saturated rings. The Morgan fingerprint density at radius 3 is 2.37 bits per heavy atom. The van der Waals surface area contributed by atoms with Crippen molar-refractivity contribution < 1.29 is 19.0 Å². The average molecular weight is 431 g/mol. The summed E-state index contributed by atoms with van der Waals surface area (Å²) in [6.07, 6.45) is 2.06. The molecule has 30 heavy (non-hydrogen) atoms. The van der Waals surface area contributed by atoms with Crippen LogP contribution in [0.2, 0.25) is 0 Å². The van der Waals surface area contributed by atoms with E-state index >= 15 is 0 Å². The van der Waals surface area contributed by atoms with E-state index in [4.69, 9.17) is 14.2 Å². The van der Waals surface area contributed by atoms with Gasteiger partial charge in [0, 0.05) is 36.5 Å². The monoisotopic (exact) mass is 430 g/mol. The van der Waals surface area contributed by atoms with Crippen LogP contribution in [0.1, 0.15) is 29.8 Å². The van der Waals surface area contributed by atoms with Crippen molar-refractivity contribution >= 4 is 29.0 Å². The van der Waals surface area contributed by atoms with Gasteiger partial charge in [-0.15, -0.1) is 0 Å². The Morgan fingerprint density at radius 1 is 1.07 bits per heavy atom.